The zero-order valence-electron chi connectivity index (χ0n) is 11.1. The van der Waals surface area contributed by atoms with Crippen molar-refractivity contribution in [2.45, 2.75) is 30.9 Å². The van der Waals surface area contributed by atoms with Crippen molar-refractivity contribution < 1.29 is 26.8 Å². The van der Waals surface area contributed by atoms with Crippen molar-refractivity contribution in [1.29, 1.82) is 0 Å². The molecule has 2 rings (SSSR count). The molecule has 1 aliphatic heterocycles. The van der Waals surface area contributed by atoms with Crippen molar-refractivity contribution in [2.75, 3.05) is 0 Å². The molecule has 0 saturated heterocycles. The van der Waals surface area contributed by atoms with Crippen LogP contribution in [0.4, 0.5) is 22.0 Å². The Morgan fingerprint density at radius 3 is 2.19 bits per heavy atom. The highest BCUT2D eigenvalue weighted by molar-refractivity contribution is 8.03. The highest BCUT2D eigenvalue weighted by atomic mass is 32.2. The number of rotatable bonds is 3. The predicted molar refractivity (Wildman–Crippen MR) is 69.1 cm³/mol. The van der Waals surface area contributed by atoms with Gasteiger partial charge in [0.25, 0.3) is 0 Å². The maximum absolute atomic E-state index is 13.6. The zero-order valence-corrected chi connectivity index (χ0v) is 11.9. The lowest BCUT2D eigenvalue weighted by molar-refractivity contribution is -0.130. The van der Waals surface area contributed by atoms with E-state index in [0.717, 1.165) is 18.2 Å². The van der Waals surface area contributed by atoms with Crippen molar-refractivity contribution in [3.05, 3.63) is 46.5 Å². The van der Waals surface area contributed by atoms with E-state index >= 15 is 0 Å². The van der Waals surface area contributed by atoms with Gasteiger partial charge in [-0.3, -0.25) is 10.3 Å². The largest absolute Gasteiger partial charge is 0.405 e. The maximum Gasteiger partial charge on any atom is 0.405 e. The van der Waals surface area contributed by atoms with E-state index in [9.17, 15) is 22.0 Å². The summed E-state index contributed by atoms with van der Waals surface area (Å²) in [5.74, 6) is -2.47. The fraction of sp³-hybridized carbons (Fsp3) is 0.385. The number of alkyl halides is 3. The van der Waals surface area contributed by atoms with Crippen LogP contribution in [-0.4, -0.2) is 11.8 Å². The Hall–Kier alpha value is -1.28. The van der Waals surface area contributed by atoms with Crippen molar-refractivity contribution >= 4 is 11.8 Å². The number of hydroxylamine groups is 1. The Morgan fingerprint density at radius 2 is 1.76 bits per heavy atom. The minimum absolute atomic E-state index is 0.0602. The number of thioether (sulfide) groups is 1. The van der Waals surface area contributed by atoms with Gasteiger partial charge in [-0.05, 0) is 32.1 Å². The molecule has 1 heterocycles. The first-order valence-corrected chi connectivity index (χ1v) is 6.82. The molecule has 0 amide bonds. The molecule has 2 nitrogen and oxygen atoms in total. The van der Waals surface area contributed by atoms with Crippen LogP contribution in [0.3, 0.4) is 0 Å². The van der Waals surface area contributed by atoms with E-state index < -0.39 is 34.2 Å². The molecule has 1 aromatic carbocycles. The minimum atomic E-state index is -4.82. The van der Waals surface area contributed by atoms with Crippen LogP contribution in [0.5, 0.6) is 0 Å². The third kappa shape index (κ3) is 3.68. The minimum Gasteiger partial charge on any atom is -0.265 e. The third-order valence-corrected chi connectivity index (χ3v) is 3.89. The van der Waals surface area contributed by atoms with E-state index in [1.807, 2.05) is 0 Å². The molecular formula is C13H12F5NOS. The molecule has 0 aliphatic carbocycles. The Morgan fingerprint density at radius 1 is 1.19 bits per heavy atom. The number of hydrogen-bond donors (Lipinski definition) is 1. The van der Waals surface area contributed by atoms with Gasteiger partial charge in [0, 0.05) is 5.56 Å². The smallest absolute Gasteiger partial charge is 0.265 e. The van der Waals surface area contributed by atoms with Gasteiger partial charge in [0.1, 0.15) is 22.5 Å². The molecule has 116 valence electrons. The van der Waals surface area contributed by atoms with Crippen LogP contribution < -0.4 is 5.48 Å². The highest BCUT2D eigenvalue weighted by Gasteiger charge is 2.45. The molecule has 1 aromatic rings. The number of hydrogen-bond acceptors (Lipinski definition) is 3. The molecule has 1 aliphatic rings. The first-order valence-electron chi connectivity index (χ1n) is 5.94. The van der Waals surface area contributed by atoms with Crippen LogP contribution in [0.1, 0.15) is 24.7 Å². The molecule has 1 N–H and O–H groups in total. The van der Waals surface area contributed by atoms with E-state index in [-0.39, 0.29) is 16.8 Å². The summed E-state index contributed by atoms with van der Waals surface area (Å²) >= 11 is 0.263. The number of nitrogens with one attached hydrogen (secondary N) is 1. The second kappa shape index (κ2) is 5.49. The van der Waals surface area contributed by atoms with Gasteiger partial charge >= 0.3 is 6.18 Å². The topological polar surface area (TPSA) is 21.3 Å². The molecule has 0 saturated carbocycles. The summed E-state index contributed by atoms with van der Waals surface area (Å²) < 4.78 is 66.8. The predicted octanol–water partition coefficient (Wildman–Crippen LogP) is 4.46. The first kappa shape index (κ1) is 16.1. The van der Waals surface area contributed by atoms with E-state index in [1.165, 1.54) is 6.08 Å². The summed E-state index contributed by atoms with van der Waals surface area (Å²) in [6.07, 6.45) is -3.39. The molecule has 0 spiro atoms. The Kier molecular flexibility index (Phi) is 4.21. The second-order valence-electron chi connectivity index (χ2n) is 4.99. The van der Waals surface area contributed by atoms with Crippen LogP contribution in [0.15, 0.2) is 29.3 Å². The maximum atomic E-state index is 13.6. The fourth-order valence-electron chi connectivity index (χ4n) is 1.79. The van der Waals surface area contributed by atoms with Gasteiger partial charge in [0.2, 0.25) is 0 Å². The molecule has 0 fully saturated rings. The van der Waals surface area contributed by atoms with Crippen LogP contribution in [0, 0.1) is 11.6 Å². The van der Waals surface area contributed by atoms with Gasteiger partial charge in [-0.1, -0.05) is 17.8 Å². The van der Waals surface area contributed by atoms with Crippen molar-refractivity contribution in [3.8, 4) is 0 Å². The van der Waals surface area contributed by atoms with E-state index in [4.69, 9.17) is 4.84 Å². The summed E-state index contributed by atoms with van der Waals surface area (Å²) in [6.45, 7) is 3.28. The average molecular weight is 325 g/mol. The van der Waals surface area contributed by atoms with Crippen LogP contribution in [-0.2, 0) is 4.84 Å². The lowest BCUT2D eigenvalue weighted by atomic mass is 10.1. The van der Waals surface area contributed by atoms with E-state index in [1.54, 1.807) is 13.8 Å². The van der Waals surface area contributed by atoms with Crippen molar-refractivity contribution in [3.63, 3.8) is 0 Å². The van der Waals surface area contributed by atoms with Gasteiger partial charge in [-0.2, -0.15) is 13.2 Å². The molecule has 0 radical (unpaired) electrons. The Bertz CT molecular complexity index is 550. The standard InChI is InChI=1S/C13H12F5NOS/c1-12(2)6-9(19-20-12)21-11(13(16,17)18)10-7(14)4-3-5-8(10)15/h3-6,11,19H,1-2H3. The molecular weight excluding hydrogens is 313 g/mol. The van der Waals surface area contributed by atoms with Gasteiger partial charge in [-0.25, -0.2) is 8.78 Å². The summed E-state index contributed by atoms with van der Waals surface area (Å²) in [4.78, 5) is 5.04. The molecule has 0 bridgehead atoms. The Labute approximate surface area is 122 Å². The van der Waals surface area contributed by atoms with Crippen molar-refractivity contribution in [2.24, 2.45) is 0 Å². The SMILES string of the molecule is CC1(C)C=C(SC(c2c(F)cccc2F)C(F)(F)F)NO1. The summed E-state index contributed by atoms with van der Waals surface area (Å²) in [7, 11) is 0. The monoisotopic (exact) mass is 325 g/mol. The van der Waals surface area contributed by atoms with Gasteiger partial charge in [0.15, 0.2) is 0 Å². The van der Waals surface area contributed by atoms with Gasteiger partial charge in [-0.15, -0.1) is 0 Å². The van der Waals surface area contributed by atoms with Crippen LogP contribution in [0.25, 0.3) is 0 Å². The highest BCUT2D eigenvalue weighted by Crippen LogP contribution is 2.48. The average Bonchev–Trinajstić information content (AvgIpc) is 2.66. The van der Waals surface area contributed by atoms with E-state index in [0.29, 0.717) is 0 Å². The van der Waals surface area contributed by atoms with Crippen LogP contribution >= 0.6 is 11.8 Å². The zero-order chi connectivity index (χ0) is 15.8. The Balaban J connectivity index is 2.37. The summed E-state index contributed by atoms with van der Waals surface area (Å²) in [6, 6.07) is 2.62. The summed E-state index contributed by atoms with van der Waals surface area (Å²) in [5.41, 5.74) is 0.540. The molecule has 0 aromatic heterocycles. The van der Waals surface area contributed by atoms with Crippen molar-refractivity contribution in [1.82, 2.24) is 5.48 Å². The quantitative estimate of drug-likeness (QED) is 0.829. The summed E-state index contributed by atoms with van der Waals surface area (Å²) in [5, 5.41) is -2.31. The first-order chi connectivity index (χ1) is 9.60. The molecule has 8 heteroatoms. The fourth-order valence-corrected chi connectivity index (χ4v) is 2.96. The van der Waals surface area contributed by atoms with E-state index in [2.05, 4.69) is 5.48 Å². The van der Waals surface area contributed by atoms with Gasteiger partial charge < -0.3 is 0 Å². The normalized spacial score (nSPS) is 19.1. The molecule has 1 atom stereocenters. The molecule has 21 heavy (non-hydrogen) atoms. The third-order valence-electron chi connectivity index (χ3n) is 2.70. The lowest BCUT2D eigenvalue weighted by Crippen LogP contribution is -2.22. The number of benzene rings is 1. The lowest BCUT2D eigenvalue weighted by Gasteiger charge is -2.21. The second-order valence-corrected chi connectivity index (χ2v) is 6.14. The number of halogens is 5. The van der Waals surface area contributed by atoms with Crippen LogP contribution in [0.2, 0.25) is 0 Å². The van der Waals surface area contributed by atoms with Gasteiger partial charge in [0.05, 0.1) is 5.03 Å². The molecule has 1 unspecified atom stereocenters.